The molecule has 0 saturated heterocycles. The van der Waals surface area contributed by atoms with Gasteiger partial charge in [0.25, 0.3) is 0 Å². The lowest BCUT2D eigenvalue weighted by atomic mass is 10.1. The smallest absolute Gasteiger partial charge is 0.127 e. The zero-order chi connectivity index (χ0) is 10.4. The van der Waals surface area contributed by atoms with Crippen molar-refractivity contribution in [1.29, 1.82) is 0 Å². The van der Waals surface area contributed by atoms with E-state index in [1.165, 1.54) is 0 Å². The average Bonchev–Trinajstić information content (AvgIpc) is 2.26. The van der Waals surface area contributed by atoms with Crippen LogP contribution in [0.25, 0.3) is 12.2 Å². The van der Waals surface area contributed by atoms with Crippen molar-refractivity contribution >= 4 is 12.2 Å². The van der Waals surface area contributed by atoms with Gasteiger partial charge in [-0.15, -0.1) is 0 Å². The van der Waals surface area contributed by atoms with Gasteiger partial charge in [0.05, 0.1) is 0 Å². The Morgan fingerprint density at radius 1 is 1.14 bits per heavy atom. The fourth-order valence-corrected chi connectivity index (χ4v) is 1.13. The lowest BCUT2D eigenvalue weighted by Gasteiger charge is -2.07. The van der Waals surface area contributed by atoms with E-state index in [1.807, 2.05) is 18.2 Å². The molecular weight excluding hydrogens is 172 g/mol. The molecule has 0 unspecified atom stereocenters. The molecule has 0 amide bonds. The number of hydrogen-bond acceptors (Lipinski definition) is 1. The van der Waals surface area contributed by atoms with E-state index < -0.39 is 0 Å². The number of hydrogen-bond donors (Lipinski definition) is 0. The maximum absolute atomic E-state index is 5.45. The van der Waals surface area contributed by atoms with Gasteiger partial charge in [-0.25, -0.2) is 0 Å². The van der Waals surface area contributed by atoms with Crippen LogP contribution < -0.4 is 4.74 Å². The highest BCUT2D eigenvalue weighted by Gasteiger charge is 1.99. The Labute approximate surface area is 85.0 Å². The number of rotatable bonds is 5. The fourth-order valence-electron chi connectivity index (χ4n) is 1.13. The molecule has 1 rings (SSSR count). The third kappa shape index (κ3) is 2.36. The van der Waals surface area contributed by atoms with Crippen LogP contribution in [0.15, 0.2) is 44.0 Å². The molecule has 0 bridgehead atoms. The molecule has 1 heteroatoms. The third-order valence-corrected chi connectivity index (χ3v) is 1.85. The predicted molar refractivity (Wildman–Crippen MR) is 62.3 cm³/mol. The Kier molecular flexibility index (Phi) is 3.74. The minimum absolute atomic E-state index is 0.508. The molecule has 0 aromatic heterocycles. The van der Waals surface area contributed by atoms with Crippen molar-refractivity contribution in [3.63, 3.8) is 0 Å². The van der Waals surface area contributed by atoms with Crippen LogP contribution in [0.4, 0.5) is 0 Å². The summed E-state index contributed by atoms with van der Waals surface area (Å²) in [4.78, 5) is 0. The molecule has 1 aromatic carbocycles. The molecule has 0 fully saturated rings. The zero-order valence-corrected chi connectivity index (χ0v) is 8.20. The molecule has 0 heterocycles. The lowest BCUT2D eigenvalue weighted by molar-refractivity contribution is 0.362. The molecule has 0 atom stereocenters. The summed E-state index contributed by atoms with van der Waals surface area (Å²) in [5.41, 5.74) is 2.04. The van der Waals surface area contributed by atoms with Crippen molar-refractivity contribution in [1.82, 2.24) is 0 Å². The van der Waals surface area contributed by atoms with Gasteiger partial charge in [-0.1, -0.05) is 44.0 Å². The number of ether oxygens (including phenoxy) is 1. The Hall–Kier alpha value is -1.76. The van der Waals surface area contributed by atoms with Gasteiger partial charge in [0, 0.05) is 5.56 Å². The minimum atomic E-state index is 0.508. The first-order valence-electron chi connectivity index (χ1n) is 4.44. The van der Waals surface area contributed by atoms with Gasteiger partial charge < -0.3 is 4.74 Å². The van der Waals surface area contributed by atoms with Gasteiger partial charge in [0.15, 0.2) is 0 Å². The second-order valence-corrected chi connectivity index (χ2v) is 2.81. The summed E-state index contributed by atoms with van der Waals surface area (Å²) in [6.45, 7) is 11.5. The van der Waals surface area contributed by atoms with Crippen molar-refractivity contribution in [2.45, 2.75) is 0 Å². The maximum Gasteiger partial charge on any atom is 0.127 e. The highest BCUT2D eigenvalue weighted by Crippen LogP contribution is 2.21. The molecule has 1 nitrogen and oxygen atoms in total. The summed E-state index contributed by atoms with van der Waals surface area (Å²) in [7, 11) is 0. The first kappa shape index (κ1) is 10.3. The molecule has 0 aliphatic heterocycles. The van der Waals surface area contributed by atoms with E-state index in [0.717, 1.165) is 16.9 Å². The summed E-state index contributed by atoms with van der Waals surface area (Å²) >= 11 is 0. The van der Waals surface area contributed by atoms with E-state index in [2.05, 4.69) is 19.7 Å². The van der Waals surface area contributed by atoms with Crippen molar-refractivity contribution in [2.24, 2.45) is 0 Å². The number of benzene rings is 1. The van der Waals surface area contributed by atoms with Crippen LogP contribution in [-0.4, -0.2) is 6.61 Å². The molecular formula is C13H14O. The highest BCUT2D eigenvalue weighted by molar-refractivity contribution is 5.61. The molecule has 0 saturated carbocycles. The topological polar surface area (TPSA) is 9.23 Å². The second-order valence-electron chi connectivity index (χ2n) is 2.81. The normalized spacial score (nSPS) is 9.14. The molecule has 1 aromatic rings. The van der Waals surface area contributed by atoms with E-state index in [1.54, 1.807) is 18.2 Å². The van der Waals surface area contributed by atoms with E-state index in [-0.39, 0.29) is 0 Å². The first-order chi connectivity index (χ1) is 6.81. The van der Waals surface area contributed by atoms with Crippen LogP contribution >= 0.6 is 0 Å². The lowest BCUT2D eigenvalue weighted by Crippen LogP contribution is -1.94. The SMILES string of the molecule is C=CCOc1ccc(C=C)cc1C=C. The zero-order valence-electron chi connectivity index (χ0n) is 8.20. The summed E-state index contributed by atoms with van der Waals surface area (Å²) < 4.78 is 5.45. The van der Waals surface area contributed by atoms with Gasteiger partial charge in [-0.3, -0.25) is 0 Å². The van der Waals surface area contributed by atoms with Crippen LogP contribution in [0.5, 0.6) is 5.75 Å². The molecule has 0 N–H and O–H groups in total. The third-order valence-electron chi connectivity index (χ3n) is 1.85. The summed E-state index contributed by atoms with van der Waals surface area (Å²) in [5.74, 6) is 0.825. The van der Waals surface area contributed by atoms with Crippen molar-refractivity contribution < 1.29 is 4.74 Å². The van der Waals surface area contributed by atoms with Gasteiger partial charge in [-0.05, 0) is 17.7 Å². The second kappa shape index (κ2) is 5.07. The monoisotopic (exact) mass is 186 g/mol. The highest BCUT2D eigenvalue weighted by atomic mass is 16.5. The molecule has 0 aliphatic rings. The van der Waals surface area contributed by atoms with Crippen molar-refractivity contribution in [3.8, 4) is 5.75 Å². The summed E-state index contributed by atoms with van der Waals surface area (Å²) in [5, 5.41) is 0. The Bertz CT molecular complexity index is 350. The van der Waals surface area contributed by atoms with Crippen LogP contribution in [-0.2, 0) is 0 Å². The molecule has 0 radical (unpaired) electrons. The quantitative estimate of drug-likeness (QED) is 0.639. The standard InChI is InChI=1S/C13H14O/c1-4-9-14-13-8-7-11(5-2)10-12(13)6-3/h4-8,10H,1-3,9H2. The average molecular weight is 186 g/mol. The molecule has 0 aliphatic carbocycles. The van der Waals surface area contributed by atoms with E-state index in [0.29, 0.717) is 6.61 Å². The molecule has 0 spiro atoms. The largest absolute Gasteiger partial charge is 0.489 e. The van der Waals surface area contributed by atoms with Gasteiger partial charge in [0.2, 0.25) is 0 Å². The summed E-state index contributed by atoms with van der Waals surface area (Å²) in [6.07, 6.45) is 5.28. The molecule has 14 heavy (non-hydrogen) atoms. The van der Waals surface area contributed by atoms with E-state index in [4.69, 9.17) is 4.74 Å². The minimum Gasteiger partial charge on any atom is -0.489 e. The van der Waals surface area contributed by atoms with Gasteiger partial charge >= 0.3 is 0 Å². The van der Waals surface area contributed by atoms with Crippen LogP contribution in [0.1, 0.15) is 11.1 Å². The Balaban J connectivity index is 2.98. The Morgan fingerprint density at radius 2 is 1.93 bits per heavy atom. The predicted octanol–water partition coefficient (Wildman–Crippen LogP) is 3.54. The fraction of sp³-hybridized carbons (Fsp3) is 0.0769. The van der Waals surface area contributed by atoms with Crippen LogP contribution in [0, 0.1) is 0 Å². The van der Waals surface area contributed by atoms with Crippen molar-refractivity contribution in [2.75, 3.05) is 6.61 Å². The maximum atomic E-state index is 5.45. The molecule has 72 valence electrons. The van der Waals surface area contributed by atoms with Crippen LogP contribution in [0.3, 0.4) is 0 Å². The summed E-state index contributed by atoms with van der Waals surface area (Å²) in [6, 6.07) is 5.86. The van der Waals surface area contributed by atoms with Crippen LogP contribution in [0.2, 0.25) is 0 Å². The van der Waals surface area contributed by atoms with Crippen molar-refractivity contribution in [3.05, 3.63) is 55.1 Å². The Morgan fingerprint density at radius 3 is 2.50 bits per heavy atom. The van der Waals surface area contributed by atoms with Gasteiger partial charge in [0.1, 0.15) is 12.4 Å². The van der Waals surface area contributed by atoms with Gasteiger partial charge in [-0.2, -0.15) is 0 Å². The first-order valence-corrected chi connectivity index (χ1v) is 4.44. The van der Waals surface area contributed by atoms with E-state index >= 15 is 0 Å². The van der Waals surface area contributed by atoms with E-state index in [9.17, 15) is 0 Å².